The van der Waals surface area contributed by atoms with E-state index in [1.807, 2.05) is 18.2 Å². The Kier molecular flexibility index (Phi) is 6.07. The normalized spacial score (nSPS) is 14.5. The number of rotatable bonds is 4. The van der Waals surface area contributed by atoms with E-state index in [2.05, 4.69) is 65.0 Å². The molecule has 0 unspecified atom stereocenters. The summed E-state index contributed by atoms with van der Waals surface area (Å²) in [6.45, 7) is 2.01. The maximum absolute atomic E-state index is 10.8. The van der Waals surface area contributed by atoms with Crippen LogP contribution < -0.4 is 5.32 Å². The van der Waals surface area contributed by atoms with Gasteiger partial charge in [-0.1, -0.05) is 72.8 Å². The van der Waals surface area contributed by atoms with Gasteiger partial charge in [0.25, 0.3) is 0 Å². The third-order valence-electron chi connectivity index (χ3n) is 5.98. The number of aromatic nitrogens is 2. The fraction of sp³-hybridized carbons (Fsp3) is 0.240. The Hall–Kier alpha value is -2.82. The summed E-state index contributed by atoms with van der Waals surface area (Å²) in [6.07, 6.45) is 2.80. The van der Waals surface area contributed by atoms with Crippen molar-refractivity contribution in [3.05, 3.63) is 89.6 Å². The lowest BCUT2D eigenvalue weighted by Gasteiger charge is -2.24. The molecule has 1 aromatic heterocycles. The molecule has 30 heavy (non-hydrogen) atoms. The van der Waals surface area contributed by atoms with Crippen LogP contribution in [0.2, 0.25) is 0 Å². The molecule has 4 aromatic rings. The molecule has 2 heterocycles. The highest BCUT2D eigenvalue weighted by molar-refractivity contribution is 5.85. The number of nitrogens with zero attached hydrogens (tertiary/aromatic N) is 2. The largest absolute Gasteiger partial charge is 0.411 e. The topological polar surface area (TPSA) is 50.1 Å². The Morgan fingerprint density at radius 3 is 2.37 bits per heavy atom. The molecule has 3 aromatic carbocycles. The third-order valence-corrected chi connectivity index (χ3v) is 5.98. The molecular weight excluding hydrogens is 394 g/mol. The minimum Gasteiger partial charge on any atom is -0.411 e. The fourth-order valence-corrected chi connectivity index (χ4v) is 4.51. The van der Waals surface area contributed by atoms with Gasteiger partial charge in [0, 0.05) is 17.5 Å². The van der Waals surface area contributed by atoms with Crippen LogP contribution in [0, 0.1) is 0 Å². The summed E-state index contributed by atoms with van der Waals surface area (Å²) < 4.78 is 0. The number of fused-ring (bicyclic) bond motifs is 1. The number of hydrogen-bond acceptors (Lipinski definition) is 3. The van der Waals surface area contributed by atoms with Crippen molar-refractivity contribution in [2.45, 2.75) is 25.2 Å². The van der Waals surface area contributed by atoms with E-state index < -0.39 is 0 Å². The minimum absolute atomic E-state index is 0. The maximum Gasteiger partial charge on any atom is 0.0996 e. The molecule has 4 nitrogen and oxygen atoms in total. The lowest BCUT2D eigenvalue weighted by molar-refractivity contribution is 0.141. The first-order valence-corrected chi connectivity index (χ1v) is 10.3. The summed E-state index contributed by atoms with van der Waals surface area (Å²) in [7, 11) is 0. The van der Waals surface area contributed by atoms with Crippen molar-refractivity contribution in [2.24, 2.45) is 0 Å². The zero-order chi connectivity index (χ0) is 19.6. The van der Waals surface area contributed by atoms with Gasteiger partial charge in [-0.25, -0.2) is 0 Å². The molecule has 1 fully saturated rings. The van der Waals surface area contributed by atoms with E-state index in [1.54, 1.807) is 0 Å². The molecule has 0 bridgehead atoms. The van der Waals surface area contributed by atoms with Gasteiger partial charge in [0.1, 0.15) is 0 Å². The van der Waals surface area contributed by atoms with Gasteiger partial charge in [0.05, 0.1) is 11.4 Å². The van der Waals surface area contributed by atoms with Crippen LogP contribution in [-0.4, -0.2) is 28.2 Å². The molecule has 1 aliphatic heterocycles. The average molecular weight is 420 g/mol. The maximum atomic E-state index is 10.8. The number of benzene rings is 3. The zero-order valence-electron chi connectivity index (χ0n) is 16.8. The highest BCUT2D eigenvalue weighted by Crippen LogP contribution is 2.37. The van der Waals surface area contributed by atoms with Gasteiger partial charge in [-0.3, -0.25) is 0 Å². The van der Waals surface area contributed by atoms with Crippen molar-refractivity contribution >= 4 is 23.2 Å². The van der Waals surface area contributed by atoms with Crippen LogP contribution in [0.25, 0.3) is 22.0 Å². The molecule has 5 heteroatoms. The zero-order valence-corrected chi connectivity index (χ0v) is 17.6. The van der Waals surface area contributed by atoms with Gasteiger partial charge in [-0.2, -0.15) is 0 Å². The fourth-order valence-electron chi connectivity index (χ4n) is 4.51. The van der Waals surface area contributed by atoms with Crippen LogP contribution in [0.4, 0.5) is 0 Å². The van der Waals surface area contributed by atoms with Crippen molar-refractivity contribution in [1.29, 1.82) is 0 Å². The van der Waals surface area contributed by atoms with Crippen molar-refractivity contribution in [3.8, 4) is 11.3 Å². The summed E-state index contributed by atoms with van der Waals surface area (Å²) in [6, 6.07) is 25.1. The molecule has 0 radical (unpaired) electrons. The highest BCUT2D eigenvalue weighted by Gasteiger charge is 2.27. The van der Waals surface area contributed by atoms with Crippen molar-refractivity contribution < 1.29 is 5.21 Å². The second-order valence-corrected chi connectivity index (χ2v) is 7.85. The van der Waals surface area contributed by atoms with Crippen LogP contribution in [0.1, 0.15) is 35.6 Å². The number of piperidine rings is 1. The first-order chi connectivity index (χ1) is 14.3. The van der Waals surface area contributed by atoms with E-state index in [0.29, 0.717) is 12.3 Å². The van der Waals surface area contributed by atoms with E-state index in [9.17, 15) is 5.21 Å². The highest BCUT2D eigenvalue weighted by atomic mass is 35.5. The Morgan fingerprint density at radius 1 is 0.900 bits per heavy atom. The minimum atomic E-state index is 0. The number of nitrogens with one attached hydrogen (secondary N) is 1. The van der Waals surface area contributed by atoms with Crippen LogP contribution in [0.15, 0.2) is 72.8 Å². The van der Waals surface area contributed by atoms with E-state index in [-0.39, 0.29) is 12.4 Å². The van der Waals surface area contributed by atoms with Crippen LogP contribution in [0.5, 0.6) is 0 Å². The molecule has 0 atom stereocenters. The SMILES string of the molecule is Cl.On1nc(-c2ccccc2)c(C2CCNCC2)c1Cc1ccc2ccccc2c1. The average Bonchev–Trinajstić information content (AvgIpc) is 3.11. The summed E-state index contributed by atoms with van der Waals surface area (Å²) in [5, 5.41) is 21.2. The van der Waals surface area contributed by atoms with E-state index >= 15 is 0 Å². The quantitative estimate of drug-likeness (QED) is 0.434. The van der Waals surface area contributed by atoms with Gasteiger partial charge in [0.2, 0.25) is 0 Å². The molecule has 154 valence electrons. The molecular formula is C25H26ClN3O. The first-order valence-electron chi connectivity index (χ1n) is 10.3. The monoisotopic (exact) mass is 419 g/mol. The lowest BCUT2D eigenvalue weighted by atomic mass is 9.85. The van der Waals surface area contributed by atoms with Crippen LogP contribution >= 0.6 is 12.4 Å². The summed E-state index contributed by atoms with van der Waals surface area (Å²) in [5.74, 6) is 0.405. The summed E-state index contributed by atoms with van der Waals surface area (Å²) >= 11 is 0. The smallest absolute Gasteiger partial charge is 0.0996 e. The van der Waals surface area contributed by atoms with E-state index in [0.717, 1.165) is 47.7 Å². The molecule has 1 aliphatic rings. The molecule has 0 aliphatic carbocycles. The van der Waals surface area contributed by atoms with Gasteiger partial charge < -0.3 is 10.5 Å². The van der Waals surface area contributed by atoms with Crippen molar-refractivity contribution in [3.63, 3.8) is 0 Å². The molecule has 1 saturated heterocycles. The second kappa shape index (κ2) is 8.90. The number of hydrogen-bond donors (Lipinski definition) is 2. The Labute approximate surface area is 182 Å². The van der Waals surface area contributed by atoms with Gasteiger partial charge in [0.15, 0.2) is 0 Å². The second-order valence-electron chi connectivity index (χ2n) is 7.85. The van der Waals surface area contributed by atoms with Crippen molar-refractivity contribution in [1.82, 2.24) is 15.3 Å². The predicted molar refractivity (Wildman–Crippen MR) is 124 cm³/mol. The molecule has 0 spiro atoms. The first kappa shape index (κ1) is 20.5. The number of halogens is 1. The van der Waals surface area contributed by atoms with E-state index in [1.165, 1.54) is 21.9 Å². The molecule has 2 N–H and O–H groups in total. The van der Waals surface area contributed by atoms with Crippen LogP contribution in [0.3, 0.4) is 0 Å². The van der Waals surface area contributed by atoms with E-state index in [4.69, 9.17) is 0 Å². The van der Waals surface area contributed by atoms with Crippen LogP contribution in [-0.2, 0) is 6.42 Å². The predicted octanol–water partition coefficient (Wildman–Crippen LogP) is 5.42. The van der Waals surface area contributed by atoms with Crippen molar-refractivity contribution in [2.75, 3.05) is 13.1 Å². The summed E-state index contributed by atoms with van der Waals surface area (Å²) in [5.41, 5.74) is 5.28. The Balaban J connectivity index is 0.00000218. The lowest BCUT2D eigenvalue weighted by Crippen LogP contribution is -2.27. The standard InChI is InChI=1S/C25H25N3O.ClH/c29-28-23(17-18-10-11-19-6-4-5-9-22(19)16-18)24(20-12-14-26-15-13-20)25(27-28)21-7-2-1-3-8-21;/h1-11,16,20,26,29H,12-15,17H2;1H. The Bertz CT molecular complexity index is 1130. The van der Waals surface area contributed by atoms with Gasteiger partial charge in [-0.15, -0.1) is 22.4 Å². The van der Waals surface area contributed by atoms with Gasteiger partial charge in [-0.05, 0) is 48.2 Å². The molecule has 0 saturated carbocycles. The summed E-state index contributed by atoms with van der Waals surface area (Å²) in [4.78, 5) is 1.12. The van der Waals surface area contributed by atoms with Gasteiger partial charge >= 0.3 is 0 Å². The molecule has 5 rings (SSSR count). The molecule has 0 amide bonds. The third kappa shape index (κ3) is 3.93. The Morgan fingerprint density at radius 2 is 1.60 bits per heavy atom.